The molecule has 0 aliphatic carbocycles. The lowest BCUT2D eigenvalue weighted by Crippen LogP contribution is -2.46. The summed E-state index contributed by atoms with van der Waals surface area (Å²) in [6, 6.07) is 0. The van der Waals surface area contributed by atoms with E-state index in [0.29, 0.717) is 6.54 Å². The number of thiazole rings is 1. The largest absolute Gasteiger partial charge is 0.480 e. The van der Waals surface area contributed by atoms with Crippen molar-refractivity contribution in [2.24, 2.45) is 0 Å². The molecule has 0 aliphatic heterocycles. The van der Waals surface area contributed by atoms with Crippen molar-refractivity contribution in [2.45, 2.75) is 39.8 Å². The van der Waals surface area contributed by atoms with E-state index in [2.05, 4.69) is 10.3 Å². The van der Waals surface area contributed by atoms with Crippen LogP contribution in [0.1, 0.15) is 29.4 Å². The first-order valence-corrected chi connectivity index (χ1v) is 5.56. The zero-order chi connectivity index (χ0) is 11.6. The lowest BCUT2D eigenvalue weighted by molar-refractivity contribution is -0.143. The minimum absolute atomic E-state index is 0.499. The molecule has 1 rings (SSSR count). The number of aryl methyl sites for hydroxylation is 2. The van der Waals surface area contributed by atoms with E-state index >= 15 is 0 Å². The van der Waals surface area contributed by atoms with E-state index in [1.165, 1.54) is 4.88 Å². The molecular formula is C10H16N2O2S. The Labute approximate surface area is 93.4 Å². The minimum Gasteiger partial charge on any atom is -0.480 e. The van der Waals surface area contributed by atoms with E-state index < -0.39 is 11.5 Å². The van der Waals surface area contributed by atoms with E-state index in [-0.39, 0.29) is 0 Å². The Bertz CT molecular complexity index is 352. The van der Waals surface area contributed by atoms with Crippen LogP contribution in [0.15, 0.2) is 0 Å². The average molecular weight is 228 g/mol. The van der Waals surface area contributed by atoms with E-state index in [1.54, 1.807) is 25.2 Å². The number of rotatable bonds is 4. The minimum atomic E-state index is -0.909. The van der Waals surface area contributed by atoms with Crippen LogP contribution < -0.4 is 5.32 Å². The Morgan fingerprint density at radius 3 is 2.53 bits per heavy atom. The first kappa shape index (κ1) is 12.1. The van der Waals surface area contributed by atoms with Crippen LogP contribution in [-0.2, 0) is 11.3 Å². The van der Waals surface area contributed by atoms with Gasteiger partial charge >= 0.3 is 5.97 Å². The number of carbonyl (C=O) groups is 1. The van der Waals surface area contributed by atoms with Crippen LogP contribution in [0.3, 0.4) is 0 Å². The second-order valence-corrected chi connectivity index (χ2v) is 5.32. The van der Waals surface area contributed by atoms with Crippen LogP contribution in [0, 0.1) is 13.8 Å². The Kier molecular flexibility index (Phi) is 3.46. The van der Waals surface area contributed by atoms with Gasteiger partial charge in [0, 0.05) is 11.4 Å². The molecule has 1 heterocycles. The fourth-order valence-electron chi connectivity index (χ4n) is 0.987. The smallest absolute Gasteiger partial charge is 0.323 e. The molecule has 0 aliphatic rings. The second-order valence-electron chi connectivity index (χ2n) is 4.03. The quantitative estimate of drug-likeness (QED) is 0.823. The molecule has 0 atom stereocenters. The molecule has 4 nitrogen and oxygen atoms in total. The average Bonchev–Trinajstić information content (AvgIpc) is 2.43. The first-order valence-electron chi connectivity index (χ1n) is 4.74. The molecule has 0 aromatic carbocycles. The normalized spacial score (nSPS) is 11.7. The summed E-state index contributed by atoms with van der Waals surface area (Å²) in [5.41, 5.74) is 0.109. The van der Waals surface area contributed by atoms with Crippen LogP contribution in [0.25, 0.3) is 0 Å². The van der Waals surface area contributed by atoms with Crippen molar-refractivity contribution < 1.29 is 9.90 Å². The molecule has 0 fully saturated rings. The van der Waals surface area contributed by atoms with Crippen LogP contribution in [0.2, 0.25) is 0 Å². The van der Waals surface area contributed by atoms with Gasteiger partial charge in [-0.3, -0.25) is 10.1 Å². The third-order valence-corrected chi connectivity index (χ3v) is 3.36. The second kappa shape index (κ2) is 4.28. The summed E-state index contributed by atoms with van der Waals surface area (Å²) in [5.74, 6) is -0.854. The fourth-order valence-corrected chi connectivity index (χ4v) is 1.86. The van der Waals surface area contributed by atoms with Gasteiger partial charge in [0.1, 0.15) is 10.5 Å². The number of aliphatic carboxylic acids is 1. The summed E-state index contributed by atoms with van der Waals surface area (Å²) >= 11 is 1.60. The predicted molar refractivity (Wildman–Crippen MR) is 60.1 cm³/mol. The summed E-state index contributed by atoms with van der Waals surface area (Å²) in [7, 11) is 0. The summed E-state index contributed by atoms with van der Waals surface area (Å²) in [5, 5.41) is 12.8. The molecule has 84 valence electrons. The zero-order valence-electron chi connectivity index (χ0n) is 9.42. The highest BCUT2D eigenvalue weighted by Gasteiger charge is 2.26. The van der Waals surface area contributed by atoms with Crippen molar-refractivity contribution in [2.75, 3.05) is 0 Å². The molecule has 0 bridgehead atoms. The number of carboxylic acid groups (broad SMARTS) is 1. The Balaban J connectivity index is 2.61. The van der Waals surface area contributed by atoms with Gasteiger partial charge in [-0.1, -0.05) is 0 Å². The van der Waals surface area contributed by atoms with E-state index in [1.807, 2.05) is 13.8 Å². The summed E-state index contributed by atoms with van der Waals surface area (Å²) < 4.78 is 0. The lowest BCUT2D eigenvalue weighted by atomic mass is 10.1. The Morgan fingerprint density at radius 2 is 2.13 bits per heavy atom. The number of carboxylic acids is 1. The van der Waals surface area contributed by atoms with Gasteiger partial charge in [0.15, 0.2) is 0 Å². The molecule has 0 saturated heterocycles. The van der Waals surface area contributed by atoms with Gasteiger partial charge in [0.05, 0.1) is 5.69 Å². The van der Waals surface area contributed by atoms with Gasteiger partial charge in [-0.2, -0.15) is 0 Å². The molecule has 0 spiro atoms. The maximum absolute atomic E-state index is 10.8. The van der Waals surface area contributed by atoms with Crippen LogP contribution in [0.4, 0.5) is 0 Å². The van der Waals surface area contributed by atoms with Crippen molar-refractivity contribution >= 4 is 17.3 Å². The predicted octanol–water partition coefficient (Wildman–Crippen LogP) is 1.71. The molecule has 5 heteroatoms. The van der Waals surface area contributed by atoms with Crippen molar-refractivity contribution in [3.63, 3.8) is 0 Å². The van der Waals surface area contributed by atoms with Crippen LogP contribution in [0.5, 0.6) is 0 Å². The Hall–Kier alpha value is -0.940. The maximum Gasteiger partial charge on any atom is 0.323 e. The molecule has 2 N–H and O–H groups in total. The Morgan fingerprint density at radius 1 is 1.53 bits per heavy atom. The standard InChI is InChI=1S/C10H16N2O2S/c1-6-7(2)15-8(12-6)5-11-10(3,4)9(13)14/h11H,5H2,1-4H3,(H,13,14). The van der Waals surface area contributed by atoms with Gasteiger partial charge in [-0.15, -0.1) is 11.3 Å². The third-order valence-electron chi connectivity index (χ3n) is 2.29. The highest BCUT2D eigenvalue weighted by Crippen LogP contribution is 2.17. The van der Waals surface area contributed by atoms with E-state index in [0.717, 1.165) is 10.7 Å². The van der Waals surface area contributed by atoms with Crippen molar-refractivity contribution in [3.05, 3.63) is 15.6 Å². The molecule has 1 aromatic rings. The van der Waals surface area contributed by atoms with Gasteiger partial charge in [-0.25, -0.2) is 4.98 Å². The number of hydrogen-bond donors (Lipinski definition) is 2. The van der Waals surface area contributed by atoms with Crippen molar-refractivity contribution in [3.8, 4) is 0 Å². The molecule has 15 heavy (non-hydrogen) atoms. The van der Waals surface area contributed by atoms with Gasteiger partial charge in [-0.05, 0) is 27.7 Å². The molecule has 0 saturated carbocycles. The fraction of sp³-hybridized carbons (Fsp3) is 0.600. The number of nitrogens with zero attached hydrogens (tertiary/aromatic N) is 1. The van der Waals surface area contributed by atoms with Gasteiger partial charge < -0.3 is 5.11 Å². The zero-order valence-corrected chi connectivity index (χ0v) is 10.2. The maximum atomic E-state index is 10.8. The summed E-state index contributed by atoms with van der Waals surface area (Å²) in [4.78, 5) is 16.4. The third kappa shape index (κ3) is 3.00. The highest BCUT2D eigenvalue weighted by atomic mass is 32.1. The summed E-state index contributed by atoms with van der Waals surface area (Å²) in [6.07, 6.45) is 0. The monoisotopic (exact) mass is 228 g/mol. The van der Waals surface area contributed by atoms with E-state index in [4.69, 9.17) is 5.11 Å². The van der Waals surface area contributed by atoms with E-state index in [9.17, 15) is 4.79 Å². The van der Waals surface area contributed by atoms with Gasteiger partial charge in [0.25, 0.3) is 0 Å². The first-order chi connectivity index (χ1) is 6.83. The van der Waals surface area contributed by atoms with Crippen LogP contribution in [-0.4, -0.2) is 21.6 Å². The SMILES string of the molecule is Cc1nc(CNC(C)(C)C(=O)O)sc1C. The molecule has 0 unspecified atom stereocenters. The topological polar surface area (TPSA) is 62.2 Å². The molecule has 0 radical (unpaired) electrons. The molecule has 1 aromatic heterocycles. The lowest BCUT2D eigenvalue weighted by Gasteiger charge is -2.19. The van der Waals surface area contributed by atoms with Crippen molar-refractivity contribution in [1.29, 1.82) is 0 Å². The van der Waals surface area contributed by atoms with Crippen molar-refractivity contribution in [1.82, 2.24) is 10.3 Å². The molecule has 0 amide bonds. The summed E-state index contributed by atoms with van der Waals surface area (Å²) in [6.45, 7) is 7.75. The van der Waals surface area contributed by atoms with Crippen LogP contribution >= 0.6 is 11.3 Å². The number of aromatic nitrogens is 1. The highest BCUT2D eigenvalue weighted by molar-refractivity contribution is 7.11. The molecular weight excluding hydrogens is 212 g/mol. The van der Waals surface area contributed by atoms with Gasteiger partial charge in [0.2, 0.25) is 0 Å². The number of nitrogens with one attached hydrogen (secondary N) is 1. The number of hydrogen-bond acceptors (Lipinski definition) is 4.